The van der Waals surface area contributed by atoms with Gasteiger partial charge in [0.1, 0.15) is 0 Å². The van der Waals surface area contributed by atoms with Gasteiger partial charge in [0.2, 0.25) is 12.3 Å². The first-order valence-electron chi connectivity index (χ1n) is 14.4. The topological polar surface area (TPSA) is 94.6 Å². The quantitative estimate of drug-likeness (QED) is 0.307. The SMILES string of the molecule is CC(CCC(=O)NC=O)N1Cc2cc(CNCC3CCN(c4ncc(-c5ccc(Cl)cc5)cc4F)CC3)ccc2C1=O. The molecule has 0 spiro atoms. The van der Waals surface area contributed by atoms with Crippen LogP contribution in [0, 0.1) is 11.7 Å². The fourth-order valence-corrected chi connectivity index (χ4v) is 5.86. The van der Waals surface area contributed by atoms with Gasteiger partial charge >= 0.3 is 0 Å². The van der Waals surface area contributed by atoms with Crippen LogP contribution in [-0.4, -0.2) is 53.8 Å². The standard InChI is InChI=1S/C32H35ClFN5O3/c1-21(2-9-30(41)37-20-40)39-19-26-14-23(3-8-28(26)32(39)42)17-35-16-22-10-12-38(13-11-22)31-29(34)15-25(18-36-31)24-4-6-27(33)7-5-24/h3-8,14-15,18,20-22,35H,2,9-13,16-17,19H2,1H3,(H,37,40,41). The van der Waals surface area contributed by atoms with E-state index in [9.17, 15) is 18.8 Å². The van der Waals surface area contributed by atoms with Gasteiger partial charge in [0.25, 0.3) is 5.91 Å². The first kappa shape index (κ1) is 29.7. The third-order valence-corrected chi connectivity index (χ3v) is 8.47. The largest absolute Gasteiger partial charge is 0.354 e. The minimum atomic E-state index is -0.340. The molecule has 2 aliphatic heterocycles. The fourth-order valence-electron chi connectivity index (χ4n) is 5.73. The van der Waals surface area contributed by atoms with Gasteiger partial charge in [0.05, 0.1) is 0 Å². The Morgan fingerprint density at radius 1 is 1.14 bits per heavy atom. The lowest BCUT2D eigenvalue weighted by molar-refractivity contribution is -0.125. The van der Waals surface area contributed by atoms with Crippen molar-refractivity contribution in [1.82, 2.24) is 20.5 Å². The third kappa shape index (κ3) is 6.97. The number of pyridine rings is 1. The van der Waals surface area contributed by atoms with E-state index in [-0.39, 0.29) is 30.1 Å². The van der Waals surface area contributed by atoms with E-state index >= 15 is 0 Å². The maximum atomic E-state index is 15.0. The van der Waals surface area contributed by atoms with E-state index in [2.05, 4.69) is 21.7 Å². The lowest BCUT2D eigenvalue weighted by Crippen LogP contribution is -2.38. The summed E-state index contributed by atoms with van der Waals surface area (Å²) in [6.45, 7) is 5.51. The smallest absolute Gasteiger partial charge is 0.254 e. The molecule has 0 aliphatic carbocycles. The molecule has 3 heterocycles. The van der Waals surface area contributed by atoms with Crippen LogP contribution in [0.3, 0.4) is 0 Å². The molecule has 1 fully saturated rings. The molecule has 1 unspecified atom stereocenters. The first-order chi connectivity index (χ1) is 20.3. The van der Waals surface area contributed by atoms with Gasteiger partial charge in [-0.05, 0) is 79.6 Å². The van der Waals surface area contributed by atoms with Crippen LogP contribution in [0.2, 0.25) is 5.02 Å². The molecule has 0 saturated carbocycles. The van der Waals surface area contributed by atoms with Crippen LogP contribution >= 0.6 is 11.6 Å². The lowest BCUT2D eigenvalue weighted by Gasteiger charge is -2.33. The third-order valence-electron chi connectivity index (χ3n) is 8.22. The van der Waals surface area contributed by atoms with Crippen molar-refractivity contribution in [1.29, 1.82) is 0 Å². The van der Waals surface area contributed by atoms with Gasteiger partial charge in [0, 0.05) is 61.0 Å². The Kier molecular flexibility index (Phi) is 9.49. The van der Waals surface area contributed by atoms with Gasteiger partial charge in [-0.3, -0.25) is 19.7 Å². The number of carbonyl (C=O) groups excluding carboxylic acids is 3. The number of carbonyl (C=O) groups is 3. The minimum Gasteiger partial charge on any atom is -0.354 e. The number of hydrogen-bond donors (Lipinski definition) is 2. The van der Waals surface area contributed by atoms with Crippen molar-refractivity contribution in [2.45, 2.75) is 51.7 Å². The van der Waals surface area contributed by atoms with E-state index in [0.717, 1.165) is 54.7 Å². The van der Waals surface area contributed by atoms with Crippen LogP contribution in [0.5, 0.6) is 0 Å². The van der Waals surface area contributed by atoms with E-state index in [0.29, 0.717) is 48.2 Å². The van der Waals surface area contributed by atoms with Gasteiger partial charge in [-0.25, -0.2) is 9.37 Å². The average molecular weight is 592 g/mol. The van der Waals surface area contributed by atoms with Crippen LogP contribution in [0.1, 0.15) is 54.1 Å². The summed E-state index contributed by atoms with van der Waals surface area (Å²) in [5, 5.41) is 6.34. The Hall–Kier alpha value is -3.82. The predicted octanol–water partition coefficient (Wildman–Crippen LogP) is 4.94. The number of amides is 3. The number of anilines is 1. The molecule has 3 amide bonds. The fraction of sp³-hybridized carbons (Fsp3) is 0.375. The summed E-state index contributed by atoms with van der Waals surface area (Å²) in [4.78, 5) is 43.2. The second-order valence-corrected chi connectivity index (χ2v) is 11.5. The number of fused-ring (bicyclic) bond motifs is 1. The molecule has 5 rings (SSSR count). The van der Waals surface area contributed by atoms with Gasteiger partial charge in [-0.1, -0.05) is 35.9 Å². The van der Waals surface area contributed by atoms with E-state index in [1.165, 1.54) is 6.07 Å². The van der Waals surface area contributed by atoms with Crippen molar-refractivity contribution < 1.29 is 18.8 Å². The van der Waals surface area contributed by atoms with Crippen molar-refractivity contribution in [3.05, 3.63) is 82.3 Å². The van der Waals surface area contributed by atoms with Crippen molar-refractivity contribution in [2.75, 3.05) is 24.5 Å². The highest BCUT2D eigenvalue weighted by Gasteiger charge is 2.31. The molecule has 1 saturated heterocycles. The monoisotopic (exact) mass is 591 g/mol. The molecule has 2 N–H and O–H groups in total. The summed E-state index contributed by atoms with van der Waals surface area (Å²) in [6.07, 6.45) is 4.67. The lowest BCUT2D eigenvalue weighted by atomic mass is 9.96. The number of piperidine rings is 1. The number of nitrogens with zero attached hydrogens (tertiary/aromatic N) is 3. The number of rotatable bonds is 11. The maximum absolute atomic E-state index is 15.0. The summed E-state index contributed by atoms with van der Waals surface area (Å²) in [7, 11) is 0. The molecule has 3 aromatic rings. The molecule has 0 bridgehead atoms. The van der Waals surface area contributed by atoms with Crippen LogP contribution in [0.15, 0.2) is 54.7 Å². The molecular formula is C32H35ClFN5O3. The molecule has 42 heavy (non-hydrogen) atoms. The first-order valence-corrected chi connectivity index (χ1v) is 14.7. The van der Waals surface area contributed by atoms with Crippen LogP contribution in [0.4, 0.5) is 10.2 Å². The van der Waals surface area contributed by atoms with E-state index in [1.54, 1.807) is 23.2 Å². The molecule has 1 aromatic heterocycles. The van der Waals surface area contributed by atoms with Crippen molar-refractivity contribution in [3.8, 4) is 11.1 Å². The van der Waals surface area contributed by atoms with Crippen LogP contribution in [0.25, 0.3) is 11.1 Å². The highest BCUT2D eigenvalue weighted by molar-refractivity contribution is 6.30. The highest BCUT2D eigenvalue weighted by Crippen LogP contribution is 2.29. The second-order valence-electron chi connectivity index (χ2n) is 11.1. The highest BCUT2D eigenvalue weighted by atomic mass is 35.5. The summed E-state index contributed by atoms with van der Waals surface area (Å²) >= 11 is 5.96. The Morgan fingerprint density at radius 2 is 1.90 bits per heavy atom. The normalized spacial score (nSPS) is 15.9. The number of halogens is 2. The number of nitrogens with one attached hydrogen (secondary N) is 2. The summed E-state index contributed by atoms with van der Waals surface area (Å²) in [5.74, 6) is 0.212. The van der Waals surface area contributed by atoms with Crippen molar-refractivity contribution in [3.63, 3.8) is 0 Å². The Morgan fingerprint density at radius 3 is 2.62 bits per heavy atom. The zero-order chi connectivity index (χ0) is 29.6. The van der Waals surface area contributed by atoms with Gasteiger partial charge in [-0.2, -0.15) is 0 Å². The van der Waals surface area contributed by atoms with E-state index in [4.69, 9.17) is 11.6 Å². The molecule has 10 heteroatoms. The van der Waals surface area contributed by atoms with Crippen molar-refractivity contribution in [2.24, 2.45) is 5.92 Å². The summed E-state index contributed by atoms with van der Waals surface area (Å²) < 4.78 is 15.0. The van der Waals surface area contributed by atoms with Crippen LogP contribution < -0.4 is 15.5 Å². The summed E-state index contributed by atoms with van der Waals surface area (Å²) in [6, 6.07) is 14.7. The van der Waals surface area contributed by atoms with Crippen molar-refractivity contribution >= 4 is 35.6 Å². The van der Waals surface area contributed by atoms with Crippen LogP contribution in [-0.2, 0) is 22.7 Å². The number of imide groups is 1. The second kappa shape index (κ2) is 13.4. The zero-order valence-corrected chi connectivity index (χ0v) is 24.4. The molecule has 0 radical (unpaired) electrons. The zero-order valence-electron chi connectivity index (χ0n) is 23.6. The number of benzene rings is 2. The van der Waals surface area contributed by atoms with Gasteiger partial charge in [0.15, 0.2) is 11.6 Å². The molecule has 2 aliphatic rings. The van der Waals surface area contributed by atoms with E-state index in [1.807, 2.05) is 36.1 Å². The molecule has 1 atom stereocenters. The molecule has 220 valence electrons. The number of aromatic nitrogens is 1. The molecular weight excluding hydrogens is 557 g/mol. The maximum Gasteiger partial charge on any atom is 0.254 e. The van der Waals surface area contributed by atoms with Gasteiger partial charge in [-0.15, -0.1) is 0 Å². The number of hydrogen-bond acceptors (Lipinski definition) is 6. The van der Waals surface area contributed by atoms with E-state index < -0.39 is 0 Å². The Bertz CT molecular complexity index is 1440. The predicted molar refractivity (Wildman–Crippen MR) is 161 cm³/mol. The summed E-state index contributed by atoms with van der Waals surface area (Å²) in [5.41, 5.74) is 4.42. The van der Waals surface area contributed by atoms with Gasteiger partial charge < -0.3 is 15.1 Å². The minimum absolute atomic E-state index is 0.0230. The Labute approximate surface area is 250 Å². The Balaban J connectivity index is 1.07. The average Bonchev–Trinajstić information content (AvgIpc) is 3.32. The molecule has 8 nitrogen and oxygen atoms in total. The molecule has 2 aromatic carbocycles.